The lowest BCUT2D eigenvalue weighted by Gasteiger charge is -2.07. The highest BCUT2D eigenvalue weighted by Gasteiger charge is 2.15. The number of pyridine rings is 1. The van der Waals surface area contributed by atoms with Crippen molar-refractivity contribution in [2.24, 2.45) is 0 Å². The highest BCUT2D eigenvalue weighted by molar-refractivity contribution is 7.90. The predicted molar refractivity (Wildman–Crippen MR) is 98.9 cm³/mol. The van der Waals surface area contributed by atoms with E-state index in [0.29, 0.717) is 11.6 Å². The Kier molecular flexibility index (Phi) is 4.12. The molecule has 0 bridgehead atoms. The van der Waals surface area contributed by atoms with Crippen LogP contribution in [-0.4, -0.2) is 29.6 Å². The molecular formula is C19H14FN3O3S. The van der Waals surface area contributed by atoms with Gasteiger partial charge in [0.15, 0.2) is 15.7 Å². The number of imidazole rings is 1. The number of sulfone groups is 1. The largest absolute Gasteiger partial charge is 0.457 e. The molecule has 0 fully saturated rings. The van der Waals surface area contributed by atoms with E-state index in [0.717, 1.165) is 29.0 Å². The summed E-state index contributed by atoms with van der Waals surface area (Å²) in [6.07, 6.45) is 2.64. The number of rotatable bonds is 4. The number of nitrogens with zero attached hydrogens (tertiary/aromatic N) is 2. The molecule has 2 aromatic carbocycles. The number of hydrogen-bond donors (Lipinski definition) is 1. The Morgan fingerprint density at radius 2 is 1.81 bits per heavy atom. The smallest absolute Gasteiger partial charge is 0.178 e. The van der Waals surface area contributed by atoms with Crippen molar-refractivity contribution in [3.05, 3.63) is 66.6 Å². The molecule has 0 aliphatic rings. The van der Waals surface area contributed by atoms with Gasteiger partial charge in [0, 0.05) is 24.6 Å². The number of nitrogens with one attached hydrogen (secondary N) is 1. The minimum absolute atomic E-state index is 0.198. The Morgan fingerprint density at radius 3 is 2.52 bits per heavy atom. The van der Waals surface area contributed by atoms with Crippen LogP contribution in [0.15, 0.2) is 65.7 Å². The topological polar surface area (TPSA) is 84.9 Å². The van der Waals surface area contributed by atoms with E-state index in [1.54, 1.807) is 24.4 Å². The summed E-state index contributed by atoms with van der Waals surface area (Å²) in [5.41, 5.74) is 2.19. The summed E-state index contributed by atoms with van der Waals surface area (Å²) in [6.45, 7) is 0. The van der Waals surface area contributed by atoms with Gasteiger partial charge in [-0.25, -0.2) is 17.8 Å². The molecule has 27 heavy (non-hydrogen) atoms. The van der Waals surface area contributed by atoms with E-state index in [1.807, 2.05) is 18.2 Å². The van der Waals surface area contributed by atoms with Gasteiger partial charge in [0.2, 0.25) is 0 Å². The van der Waals surface area contributed by atoms with E-state index < -0.39 is 15.7 Å². The lowest BCUT2D eigenvalue weighted by molar-refractivity contribution is 0.474. The minimum Gasteiger partial charge on any atom is -0.457 e. The second-order valence-electron chi connectivity index (χ2n) is 5.95. The molecule has 8 heteroatoms. The molecule has 0 saturated heterocycles. The van der Waals surface area contributed by atoms with Crippen LogP contribution in [0, 0.1) is 5.82 Å². The Hall–Kier alpha value is -3.26. The van der Waals surface area contributed by atoms with Gasteiger partial charge in [0.25, 0.3) is 0 Å². The van der Waals surface area contributed by atoms with Crippen molar-refractivity contribution in [3.8, 4) is 23.0 Å². The third-order valence-electron chi connectivity index (χ3n) is 3.90. The molecule has 2 aromatic heterocycles. The van der Waals surface area contributed by atoms with Gasteiger partial charge in [0.05, 0.1) is 11.0 Å². The molecule has 0 aliphatic heterocycles. The van der Waals surface area contributed by atoms with Crippen LogP contribution in [0.3, 0.4) is 0 Å². The molecule has 0 atom stereocenters. The summed E-state index contributed by atoms with van der Waals surface area (Å²) in [5, 5.41) is 0. The molecule has 136 valence electrons. The van der Waals surface area contributed by atoms with E-state index in [9.17, 15) is 12.8 Å². The summed E-state index contributed by atoms with van der Waals surface area (Å²) in [7, 11) is -3.63. The van der Waals surface area contributed by atoms with Crippen molar-refractivity contribution in [2.45, 2.75) is 4.90 Å². The number of aromatic nitrogens is 3. The maximum atomic E-state index is 14.0. The monoisotopic (exact) mass is 383 g/mol. The second kappa shape index (κ2) is 6.48. The van der Waals surface area contributed by atoms with Crippen LogP contribution in [0.1, 0.15) is 0 Å². The molecule has 4 rings (SSSR count). The number of halogens is 1. The van der Waals surface area contributed by atoms with E-state index >= 15 is 0 Å². The maximum absolute atomic E-state index is 14.0. The van der Waals surface area contributed by atoms with Crippen molar-refractivity contribution >= 4 is 20.9 Å². The molecule has 0 saturated carbocycles. The molecule has 0 amide bonds. The molecule has 0 spiro atoms. The standard InChI is InChI=1S/C19H14FN3O3S/c1-27(24,25)18-8-6-12(10-14(18)20)26-13-5-7-15-17(11-13)23-19(22-15)16-4-2-3-9-21-16/h2-11H,1H3,(H,22,23). The fraction of sp³-hybridized carbons (Fsp3) is 0.0526. The van der Waals surface area contributed by atoms with Gasteiger partial charge in [-0.3, -0.25) is 4.98 Å². The van der Waals surface area contributed by atoms with Crippen LogP contribution < -0.4 is 4.74 Å². The fourth-order valence-electron chi connectivity index (χ4n) is 2.66. The van der Waals surface area contributed by atoms with Gasteiger partial charge in [0.1, 0.15) is 27.9 Å². The number of hydrogen-bond acceptors (Lipinski definition) is 5. The van der Waals surface area contributed by atoms with Crippen molar-refractivity contribution in [3.63, 3.8) is 0 Å². The lowest BCUT2D eigenvalue weighted by atomic mass is 10.3. The average molecular weight is 383 g/mol. The van der Waals surface area contributed by atoms with Gasteiger partial charge in [-0.2, -0.15) is 0 Å². The molecule has 0 unspecified atom stereocenters. The zero-order chi connectivity index (χ0) is 19.0. The van der Waals surface area contributed by atoms with E-state index in [4.69, 9.17) is 4.74 Å². The summed E-state index contributed by atoms with van der Waals surface area (Å²) in [5.74, 6) is 0.440. The molecule has 1 N–H and O–H groups in total. The molecule has 0 radical (unpaired) electrons. The maximum Gasteiger partial charge on any atom is 0.178 e. The summed E-state index contributed by atoms with van der Waals surface area (Å²) < 4.78 is 42.6. The summed E-state index contributed by atoms with van der Waals surface area (Å²) in [4.78, 5) is 11.5. The Morgan fingerprint density at radius 1 is 1.04 bits per heavy atom. The van der Waals surface area contributed by atoms with Crippen LogP contribution in [0.5, 0.6) is 11.5 Å². The second-order valence-corrected chi connectivity index (χ2v) is 7.93. The summed E-state index contributed by atoms with van der Waals surface area (Å²) in [6, 6.07) is 14.4. The first-order valence-electron chi connectivity index (χ1n) is 7.99. The lowest BCUT2D eigenvalue weighted by Crippen LogP contribution is -2.00. The highest BCUT2D eigenvalue weighted by atomic mass is 32.2. The molecule has 4 aromatic rings. The van der Waals surface area contributed by atoms with E-state index in [-0.39, 0.29) is 10.6 Å². The van der Waals surface area contributed by atoms with Gasteiger partial charge in [-0.05, 0) is 36.4 Å². The first kappa shape index (κ1) is 17.2. The zero-order valence-electron chi connectivity index (χ0n) is 14.2. The van der Waals surface area contributed by atoms with Crippen LogP contribution in [0.4, 0.5) is 4.39 Å². The van der Waals surface area contributed by atoms with Crippen LogP contribution in [0.25, 0.3) is 22.6 Å². The first-order valence-corrected chi connectivity index (χ1v) is 9.88. The molecular weight excluding hydrogens is 369 g/mol. The number of benzene rings is 2. The number of fused-ring (bicyclic) bond motifs is 1. The number of ether oxygens (including phenoxy) is 1. The van der Waals surface area contributed by atoms with Crippen molar-refractivity contribution in [1.82, 2.24) is 15.0 Å². The van der Waals surface area contributed by atoms with Crippen LogP contribution in [-0.2, 0) is 9.84 Å². The normalized spacial score (nSPS) is 11.6. The van der Waals surface area contributed by atoms with E-state index in [1.165, 1.54) is 12.1 Å². The number of H-pyrrole nitrogens is 1. The molecule has 0 aliphatic carbocycles. The molecule has 2 heterocycles. The van der Waals surface area contributed by atoms with Crippen LogP contribution in [0.2, 0.25) is 0 Å². The van der Waals surface area contributed by atoms with Crippen molar-refractivity contribution < 1.29 is 17.5 Å². The number of aromatic amines is 1. The Balaban J connectivity index is 1.64. The van der Waals surface area contributed by atoms with Gasteiger partial charge < -0.3 is 9.72 Å². The quantitative estimate of drug-likeness (QED) is 0.577. The Bertz CT molecular complexity index is 1240. The van der Waals surface area contributed by atoms with Gasteiger partial charge in [-0.1, -0.05) is 6.07 Å². The highest BCUT2D eigenvalue weighted by Crippen LogP contribution is 2.28. The van der Waals surface area contributed by atoms with Crippen LogP contribution >= 0.6 is 0 Å². The third kappa shape index (κ3) is 3.52. The zero-order valence-corrected chi connectivity index (χ0v) is 15.0. The molecule has 6 nitrogen and oxygen atoms in total. The predicted octanol–water partition coefficient (Wildman–Crippen LogP) is 3.96. The SMILES string of the molecule is CS(=O)(=O)c1ccc(Oc2ccc3nc(-c4ccccn4)[nH]c3c2)cc1F. The van der Waals surface area contributed by atoms with E-state index in [2.05, 4.69) is 15.0 Å². The summed E-state index contributed by atoms with van der Waals surface area (Å²) >= 11 is 0. The first-order chi connectivity index (χ1) is 12.9. The van der Waals surface area contributed by atoms with Crippen molar-refractivity contribution in [1.29, 1.82) is 0 Å². The van der Waals surface area contributed by atoms with Crippen molar-refractivity contribution in [2.75, 3.05) is 6.26 Å². The van der Waals surface area contributed by atoms with Gasteiger partial charge >= 0.3 is 0 Å². The van der Waals surface area contributed by atoms with Gasteiger partial charge in [-0.15, -0.1) is 0 Å². The fourth-order valence-corrected chi connectivity index (χ4v) is 3.39. The third-order valence-corrected chi connectivity index (χ3v) is 5.03. The minimum atomic E-state index is -3.63. The Labute approximate surface area is 154 Å². The average Bonchev–Trinajstić information content (AvgIpc) is 3.05.